The molecule has 0 amide bonds. The van der Waals surface area contributed by atoms with E-state index in [2.05, 4.69) is 13.8 Å². The number of hydrogen-bond donors (Lipinski definition) is 2. The van der Waals surface area contributed by atoms with Crippen molar-refractivity contribution in [3.63, 3.8) is 0 Å². The van der Waals surface area contributed by atoms with E-state index in [1.807, 2.05) is 0 Å². The highest BCUT2D eigenvalue weighted by molar-refractivity contribution is 4.92. The summed E-state index contributed by atoms with van der Waals surface area (Å²) in [4.78, 5) is 0. The largest absolute Gasteiger partial charge is 0.392 e. The fourth-order valence-electron chi connectivity index (χ4n) is 2.41. The van der Waals surface area contributed by atoms with Gasteiger partial charge < -0.3 is 10.8 Å². The molecule has 2 nitrogen and oxygen atoms in total. The van der Waals surface area contributed by atoms with Gasteiger partial charge in [0.15, 0.2) is 0 Å². The first-order chi connectivity index (χ1) is 5.62. The van der Waals surface area contributed by atoms with Gasteiger partial charge >= 0.3 is 0 Å². The van der Waals surface area contributed by atoms with Crippen LogP contribution in [-0.4, -0.2) is 17.8 Å². The smallest absolute Gasteiger partial charge is 0.0631 e. The van der Waals surface area contributed by atoms with E-state index in [-0.39, 0.29) is 11.5 Å². The molecule has 0 heterocycles. The normalized spacial score (nSPS) is 24.8. The van der Waals surface area contributed by atoms with Gasteiger partial charge in [-0.15, -0.1) is 0 Å². The van der Waals surface area contributed by atoms with Crippen LogP contribution >= 0.6 is 0 Å². The molecule has 1 aliphatic rings. The molecule has 0 aromatic rings. The molecule has 12 heavy (non-hydrogen) atoms. The molecular weight excluding hydrogens is 150 g/mol. The van der Waals surface area contributed by atoms with Crippen LogP contribution in [0.3, 0.4) is 0 Å². The Hall–Kier alpha value is -0.0800. The Labute approximate surface area is 75.2 Å². The van der Waals surface area contributed by atoms with E-state index >= 15 is 0 Å². The van der Waals surface area contributed by atoms with Crippen molar-refractivity contribution in [2.75, 3.05) is 6.54 Å². The molecule has 3 N–H and O–H groups in total. The molecular formula is C10H21NO. The number of aliphatic hydroxyl groups is 1. The van der Waals surface area contributed by atoms with Crippen LogP contribution in [0.15, 0.2) is 0 Å². The monoisotopic (exact) mass is 171 g/mol. The number of hydrogen-bond acceptors (Lipinski definition) is 2. The molecule has 0 aromatic heterocycles. The highest BCUT2D eigenvalue weighted by Crippen LogP contribution is 2.42. The molecule has 1 aliphatic carbocycles. The van der Waals surface area contributed by atoms with Crippen LogP contribution in [-0.2, 0) is 0 Å². The van der Waals surface area contributed by atoms with Crippen LogP contribution in [0.5, 0.6) is 0 Å². The van der Waals surface area contributed by atoms with Gasteiger partial charge in [0.2, 0.25) is 0 Å². The summed E-state index contributed by atoms with van der Waals surface area (Å²) in [6, 6.07) is 0. The van der Waals surface area contributed by atoms with Gasteiger partial charge in [-0.05, 0) is 18.8 Å². The summed E-state index contributed by atoms with van der Waals surface area (Å²) in [5, 5.41) is 10.00. The van der Waals surface area contributed by atoms with Gasteiger partial charge in [0, 0.05) is 12.0 Å². The van der Waals surface area contributed by atoms with Crippen molar-refractivity contribution in [1.82, 2.24) is 0 Å². The zero-order chi connectivity index (χ0) is 9.19. The van der Waals surface area contributed by atoms with E-state index in [0.717, 1.165) is 12.8 Å². The minimum Gasteiger partial charge on any atom is -0.392 e. The molecule has 0 saturated heterocycles. The van der Waals surface area contributed by atoms with Gasteiger partial charge in [-0.1, -0.05) is 26.7 Å². The van der Waals surface area contributed by atoms with Crippen molar-refractivity contribution in [2.45, 2.75) is 45.6 Å². The minimum atomic E-state index is -0.204. The average Bonchev–Trinajstić information content (AvgIpc) is 2.52. The first kappa shape index (κ1) is 10.0. The van der Waals surface area contributed by atoms with Gasteiger partial charge in [0.05, 0.1) is 6.10 Å². The van der Waals surface area contributed by atoms with Gasteiger partial charge in [-0.3, -0.25) is 0 Å². The Kier molecular flexibility index (Phi) is 3.13. The Bertz CT molecular complexity index is 139. The topological polar surface area (TPSA) is 46.2 Å². The number of nitrogens with two attached hydrogens (primary N) is 1. The van der Waals surface area contributed by atoms with Crippen molar-refractivity contribution in [1.29, 1.82) is 0 Å². The third-order valence-corrected chi connectivity index (χ3v) is 3.26. The maximum absolute atomic E-state index is 10.00. The van der Waals surface area contributed by atoms with E-state index in [4.69, 9.17) is 5.73 Å². The number of rotatable bonds is 3. The lowest BCUT2D eigenvalue weighted by Gasteiger charge is -2.35. The van der Waals surface area contributed by atoms with Crippen molar-refractivity contribution >= 4 is 0 Å². The Morgan fingerprint density at radius 2 is 1.83 bits per heavy atom. The van der Waals surface area contributed by atoms with E-state index in [1.165, 1.54) is 12.8 Å². The van der Waals surface area contributed by atoms with Gasteiger partial charge in [0.25, 0.3) is 0 Å². The van der Waals surface area contributed by atoms with Crippen molar-refractivity contribution in [3.05, 3.63) is 0 Å². The third kappa shape index (κ3) is 1.64. The molecule has 1 fully saturated rings. The molecule has 0 spiro atoms. The standard InChI is InChI=1S/C10H21NO/c1-8(2)9(12)10(7-11)5-3-4-6-10/h8-9,12H,3-7,11H2,1-2H3. The molecule has 1 rings (SSSR count). The molecule has 0 aliphatic heterocycles. The SMILES string of the molecule is CC(C)C(O)C1(CN)CCCC1. The Morgan fingerprint density at radius 3 is 2.17 bits per heavy atom. The summed E-state index contributed by atoms with van der Waals surface area (Å²) < 4.78 is 0. The summed E-state index contributed by atoms with van der Waals surface area (Å²) >= 11 is 0. The maximum atomic E-state index is 10.00. The van der Waals surface area contributed by atoms with Gasteiger partial charge in [-0.25, -0.2) is 0 Å². The molecule has 72 valence electrons. The lowest BCUT2D eigenvalue weighted by atomic mass is 9.76. The van der Waals surface area contributed by atoms with Crippen LogP contribution in [0, 0.1) is 11.3 Å². The predicted molar refractivity (Wildman–Crippen MR) is 50.8 cm³/mol. The maximum Gasteiger partial charge on any atom is 0.0631 e. The van der Waals surface area contributed by atoms with Crippen molar-refractivity contribution < 1.29 is 5.11 Å². The summed E-state index contributed by atoms with van der Waals surface area (Å²) in [5.74, 6) is 0.339. The Morgan fingerprint density at radius 1 is 1.33 bits per heavy atom. The lowest BCUT2D eigenvalue weighted by Crippen LogP contribution is -2.42. The number of aliphatic hydroxyl groups excluding tert-OH is 1. The molecule has 2 heteroatoms. The first-order valence-corrected chi connectivity index (χ1v) is 5.00. The average molecular weight is 171 g/mol. The molecule has 0 radical (unpaired) electrons. The molecule has 1 atom stereocenters. The van der Waals surface area contributed by atoms with Crippen LogP contribution in [0.1, 0.15) is 39.5 Å². The van der Waals surface area contributed by atoms with Gasteiger partial charge in [-0.2, -0.15) is 0 Å². The Balaban J connectivity index is 2.65. The van der Waals surface area contributed by atoms with Crippen LogP contribution in [0.25, 0.3) is 0 Å². The second-order valence-corrected chi connectivity index (χ2v) is 4.46. The van der Waals surface area contributed by atoms with Crippen molar-refractivity contribution in [3.8, 4) is 0 Å². The second-order valence-electron chi connectivity index (χ2n) is 4.46. The molecule has 0 aromatic carbocycles. The molecule has 0 bridgehead atoms. The van der Waals surface area contributed by atoms with Gasteiger partial charge in [0.1, 0.15) is 0 Å². The van der Waals surface area contributed by atoms with E-state index in [0.29, 0.717) is 12.5 Å². The summed E-state index contributed by atoms with van der Waals surface area (Å²) in [6.07, 6.45) is 4.50. The third-order valence-electron chi connectivity index (χ3n) is 3.26. The fourth-order valence-corrected chi connectivity index (χ4v) is 2.41. The molecule has 1 saturated carbocycles. The zero-order valence-corrected chi connectivity index (χ0v) is 8.21. The summed E-state index contributed by atoms with van der Waals surface area (Å²) in [7, 11) is 0. The molecule has 1 unspecified atom stereocenters. The summed E-state index contributed by atoms with van der Waals surface area (Å²) in [5.41, 5.74) is 5.80. The van der Waals surface area contributed by atoms with E-state index < -0.39 is 0 Å². The minimum absolute atomic E-state index is 0.0498. The van der Waals surface area contributed by atoms with Crippen LogP contribution < -0.4 is 5.73 Å². The quantitative estimate of drug-likeness (QED) is 0.676. The van der Waals surface area contributed by atoms with Crippen LogP contribution in [0.4, 0.5) is 0 Å². The lowest BCUT2D eigenvalue weighted by molar-refractivity contribution is -0.000211. The predicted octanol–water partition coefficient (Wildman–Crippen LogP) is 1.52. The van der Waals surface area contributed by atoms with E-state index in [1.54, 1.807) is 0 Å². The summed E-state index contributed by atoms with van der Waals surface area (Å²) in [6.45, 7) is 4.78. The first-order valence-electron chi connectivity index (χ1n) is 5.00. The zero-order valence-electron chi connectivity index (χ0n) is 8.21. The van der Waals surface area contributed by atoms with Crippen LogP contribution in [0.2, 0.25) is 0 Å². The highest BCUT2D eigenvalue weighted by Gasteiger charge is 2.40. The fraction of sp³-hybridized carbons (Fsp3) is 1.00. The van der Waals surface area contributed by atoms with E-state index in [9.17, 15) is 5.11 Å². The van der Waals surface area contributed by atoms with Crippen molar-refractivity contribution in [2.24, 2.45) is 17.1 Å². The second kappa shape index (κ2) is 3.75. The highest BCUT2D eigenvalue weighted by atomic mass is 16.3.